The number of hydrogen-bond acceptors (Lipinski definition) is 4. The van der Waals surface area contributed by atoms with E-state index in [-0.39, 0.29) is 4.90 Å². The predicted molar refractivity (Wildman–Crippen MR) is 104 cm³/mol. The molecule has 0 radical (unpaired) electrons. The largest absolute Gasteiger partial charge is 0.327 e. The fourth-order valence-corrected chi connectivity index (χ4v) is 4.68. The number of primary sulfonamides is 1. The molecule has 1 aliphatic heterocycles. The van der Waals surface area contributed by atoms with Crippen LogP contribution in [0.5, 0.6) is 0 Å². The molecule has 3 rings (SSSR count). The second-order valence-corrected chi connectivity index (χ2v) is 9.43. The molecule has 0 spiro atoms. The van der Waals surface area contributed by atoms with E-state index in [1.165, 1.54) is 6.42 Å². The third-order valence-electron chi connectivity index (χ3n) is 5.17. The molecule has 7 heteroatoms. The zero-order valence-corrected chi connectivity index (χ0v) is 16.8. The summed E-state index contributed by atoms with van der Waals surface area (Å²) in [6, 6.07) is 5.01. The van der Waals surface area contributed by atoms with E-state index >= 15 is 0 Å². The van der Waals surface area contributed by atoms with Gasteiger partial charge < -0.3 is 4.57 Å². The first-order valence-corrected chi connectivity index (χ1v) is 11.1. The summed E-state index contributed by atoms with van der Waals surface area (Å²) in [5, 5.41) is 5.28. The molecule has 0 bridgehead atoms. The van der Waals surface area contributed by atoms with Gasteiger partial charge in [0.15, 0.2) is 0 Å². The molecule has 6 nitrogen and oxygen atoms in total. The Bertz CT molecular complexity index is 865. The number of aryl methyl sites for hydroxylation is 1. The molecule has 1 aromatic carbocycles. The number of piperidine rings is 1. The number of nitrogens with zero attached hydrogens (tertiary/aromatic N) is 3. The van der Waals surface area contributed by atoms with E-state index in [1.807, 2.05) is 6.07 Å². The van der Waals surface area contributed by atoms with Gasteiger partial charge in [-0.2, -0.15) is 0 Å². The van der Waals surface area contributed by atoms with Gasteiger partial charge in [0.1, 0.15) is 5.82 Å². The molecule has 0 amide bonds. The maximum absolute atomic E-state index is 11.7. The molecule has 2 unspecified atom stereocenters. The van der Waals surface area contributed by atoms with Gasteiger partial charge in [-0.25, -0.2) is 18.5 Å². The van der Waals surface area contributed by atoms with Gasteiger partial charge in [-0.15, -0.1) is 0 Å². The highest BCUT2D eigenvalue weighted by atomic mass is 32.2. The van der Waals surface area contributed by atoms with Gasteiger partial charge in [-0.3, -0.25) is 4.90 Å². The summed E-state index contributed by atoms with van der Waals surface area (Å²) in [4.78, 5) is 7.38. The number of nitrogens with two attached hydrogens (primary N) is 1. The highest BCUT2D eigenvalue weighted by molar-refractivity contribution is 7.89. The van der Waals surface area contributed by atoms with Gasteiger partial charge in [0.05, 0.1) is 22.5 Å². The lowest BCUT2D eigenvalue weighted by molar-refractivity contribution is 0.130. The van der Waals surface area contributed by atoms with Crippen LogP contribution in [0.3, 0.4) is 0 Å². The van der Waals surface area contributed by atoms with Crippen LogP contribution in [-0.4, -0.2) is 36.0 Å². The first-order valence-electron chi connectivity index (χ1n) is 9.52. The maximum Gasteiger partial charge on any atom is 0.238 e. The summed E-state index contributed by atoms with van der Waals surface area (Å²) >= 11 is 0. The third kappa shape index (κ3) is 4.27. The average Bonchev–Trinajstić information content (AvgIpc) is 2.87. The van der Waals surface area contributed by atoms with Crippen LogP contribution >= 0.6 is 0 Å². The topological polar surface area (TPSA) is 81.2 Å². The molecule has 2 aromatic rings. The van der Waals surface area contributed by atoms with Crippen LogP contribution in [0.2, 0.25) is 0 Å². The van der Waals surface area contributed by atoms with Crippen molar-refractivity contribution in [3.05, 3.63) is 24.0 Å². The highest BCUT2D eigenvalue weighted by Gasteiger charge is 2.24. The molecule has 144 valence electrons. The normalized spacial score (nSPS) is 22.2. The Balaban J connectivity index is 1.96. The Morgan fingerprint density at radius 3 is 2.54 bits per heavy atom. The van der Waals surface area contributed by atoms with E-state index in [2.05, 4.69) is 30.2 Å². The summed E-state index contributed by atoms with van der Waals surface area (Å²) < 4.78 is 25.6. The van der Waals surface area contributed by atoms with Crippen LogP contribution in [0.1, 0.15) is 45.9 Å². The van der Waals surface area contributed by atoms with Crippen molar-refractivity contribution in [1.29, 1.82) is 0 Å². The minimum atomic E-state index is -3.72. The molecule has 2 N–H and O–H groups in total. The first kappa shape index (κ1) is 19.3. The van der Waals surface area contributed by atoms with Crippen molar-refractivity contribution in [2.24, 2.45) is 17.0 Å². The highest BCUT2D eigenvalue weighted by Crippen LogP contribution is 2.25. The summed E-state index contributed by atoms with van der Waals surface area (Å²) in [6.45, 7) is 10.7. The van der Waals surface area contributed by atoms with Crippen molar-refractivity contribution in [3.8, 4) is 0 Å². The molecular weight excluding hydrogens is 348 g/mol. The van der Waals surface area contributed by atoms with Gasteiger partial charge in [0.25, 0.3) is 0 Å². The molecule has 1 saturated heterocycles. The van der Waals surface area contributed by atoms with Crippen LogP contribution in [0.4, 0.5) is 0 Å². The van der Waals surface area contributed by atoms with E-state index in [0.717, 1.165) is 50.4 Å². The van der Waals surface area contributed by atoms with Gasteiger partial charge in [0, 0.05) is 19.6 Å². The molecule has 0 aliphatic carbocycles. The number of fused-ring (bicyclic) bond motifs is 1. The van der Waals surface area contributed by atoms with Crippen molar-refractivity contribution < 1.29 is 8.42 Å². The smallest absolute Gasteiger partial charge is 0.238 e. The molecule has 2 atom stereocenters. The number of sulfonamides is 1. The average molecular weight is 379 g/mol. The number of hydrogen-bond donors (Lipinski definition) is 1. The lowest BCUT2D eigenvalue weighted by Crippen LogP contribution is -2.38. The molecule has 1 fully saturated rings. The maximum atomic E-state index is 11.7. The number of unbranched alkanes of at least 4 members (excludes halogenated alkanes) is 1. The van der Waals surface area contributed by atoms with E-state index in [9.17, 15) is 8.42 Å². The molecule has 2 heterocycles. The van der Waals surface area contributed by atoms with E-state index in [0.29, 0.717) is 17.4 Å². The Morgan fingerprint density at radius 1 is 1.23 bits per heavy atom. The Morgan fingerprint density at radius 2 is 1.92 bits per heavy atom. The number of benzene rings is 1. The van der Waals surface area contributed by atoms with Crippen molar-refractivity contribution >= 4 is 21.1 Å². The molecule has 1 aromatic heterocycles. The fourth-order valence-electron chi connectivity index (χ4n) is 4.14. The SMILES string of the molecule is CCCCn1c(CN2CC(C)CC(C)C2)nc2cc(S(N)(=O)=O)ccc21. The van der Waals surface area contributed by atoms with E-state index in [4.69, 9.17) is 10.1 Å². The van der Waals surface area contributed by atoms with Crippen LogP contribution in [-0.2, 0) is 23.1 Å². The Labute approximate surface area is 156 Å². The number of likely N-dealkylation sites (tertiary alicyclic amines) is 1. The third-order valence-corrected chi connectivity index (χ3v) is 6.08. The predicted octanol–water partition coefficient (Wildman–Crippen LogP) is 2.96. The van der Waals surface area contributed by atoms with Gasteiger partial charge >= 0.3 is 0 Å². The number of aromatic nitrogens is 2. The van der Waals surface area contributed by atoms with Gasteiger partial charge in [-0.05, 0) is 42.9 Å². The standard InChI is InChI=1S/C19H30N4O2S/c1-4-5-8-23-18-7-6-16(26(20,24)25)10-17(18)21-19(23)13-22-11-14(2)9-15(3)12-22/h6-7,10,14-15H,4-5,8-9,11-13H2,1-3H3,(H2,20,24,25). The second kappa shape index (κ2) is 7.66. The summed E-state index contributed by atoms with van der Waals surface area (Å²) in [6.07, 6.45) is 3.45. The van der Waals surface area contributed by atoms with Crippen LogP contribution in [0.15, 0.2) is 23.1 Å². The number of imidazole rings is 1. The fraction of sp³-hybridized carbons (Fsp3) is 0.632. The Kier molecular flexibility index (Phi) is 5.69. The summed E-state index contributed by atoms with van der Waals surface area (Å²) in [5.74, 6) is 2.41. The van der Waals surface area contributed by atoms with Crippen molar-refractivity contribution in [1.82, 2.24) is 14.5 Å². The lowest BCUT2D eigenvalue weighted by Gasteiger charge is -2.34. The molecule has 1 aliphatic rings. The molecular formula is C19H30N4O2S. The van der Waals surface area contributed by atoms with Crippen LogP contribution < -0.4 is 5.14 Å². The minimum Gasteiger partial charge on any atom is -0.327 e. The van der Waals surface area contributed by atoms with E-state index in [1.54, 1.807) is 12.1 Å². The van der Waals surface area contributed by atoms with Crippen molar-refractivity contribution in [3.63, 3.8) is 0 Å². The van der Waals surface area contributed by atoms with Crippen molar-refractivity contribution in [2.45, 2.75) is 58.0 Å². The second-order valence-electron chi connectivity index (χ2n) is 7.87. The minimum absolute atomic E-state index is 0.122. The van der Waals surface area contributed by atoms with E-state index < -0.39 is 10.0 Å². The summed E-state index contributed by atoms with van der Waals surface area (Å²) in [5.41, 5.74) is 1.69. The molecule has 26 heavy (non-hydrogen) atoms. The van der Waals surface area contributed by atoms with Crippen molar-refractivity contribution in [2.75, 3.05) is 13.1 Å². The quantitative estimate of drug-likeness (QED) is 0.838. The first-order chi connectivity index (χ1) is 12.3. The zero-order valence-electron chi connectivity index (χ0n) is 16.0. The number of rotatable bonds is 6. The zero-order chi connectivity index (χ0) is 18.9. The Hall–Kier alpha value is -1.44. The molecule has 0 saturated carbocycles. The van der Waals surface area contributed by atoms with Gasteiger partial charge in [-0.1, -0.05) is 27.2 Å². The van der Waals surface area contributed by atoms with Crippen LogP contribution in [0, 0.1) is 11.8 Å². The van der Waals surface area contributed by atoms with Crippen LogP contribution in [0.25, 0.3) is 11.0 Å². The lowest BCUT2D eigenvalue weighted by atomic mass is 9.92. The monoisotopic (exact) mass is 378 g/mol. The van der Waals surface area contributed by atoms with Gasteiger partial charge in [0.2, 0.25) is 10.0 Å². The summed E-state index contributed by atoms with van der Waals surface area (Å²) in [7, 11) is -3.72.